The summed E-state index contributed by atoms with van der Waals surface area (Å²) >= 11 is 6.37. The molecule has 2 aliphatic rings. The van der Waals surface area contributed by atoms with E-state index < -0.39 is 0 Å². The summed E-state index contributed by atoms with van der Waals surface area (Å²) in [6.07, 6.45) is 2.45. The number of anilines is 3. The highest BCUT2D eigenvalue weighted by molar-refractivity contribution is 6.32. The molecule has 5 rings (SSSR count). The first kappa shape index (κ1) is 14.7. The molecule has 4 nitrogen and oxygen atoms in total. The number of aromatic nitrogens is 2. The Kier molecular flexibility index (Phi) is 3.18. The summed E-state index contributed by atoms with van der Waals surface area (Å²) in [6.45, 7) is 0.852. The Bertz CT molecular complexity index is 974. The Morgan fingerprint density at radius 1 is 1.12 bits per heavy atom. The van der Waals surface area contributed by atoms with Crippen molar-refractivity contribution in [1.82, 2.24) is 9.97 Å². The van der Waals surface area contributed by atoms with Crippen molar-refractivity contribution in [1.29, 1.82) is 0 Å². The third-order valence-corrected chi connectivity index (χ3v) is 5.15. The van der Waals surface area contributed by atoms with E-state index >= 15 is 0 Å². The van der Waals surface area contributed by atoms with E-state index in [0.717, 1.165) is 35.6 Å². The van der Waals surface area contributed by atoms with Crippen LogP contribution in [0.25, 0.3) is 0 Å². The van der Waals surface area contributed by atoms with Crippen molar-refractivity contribution in [3.8, 4) is 0 Å². The number of fused-ring (bicyclic) bond motifs is 2. The van der Waals surface area contributed by atoms with Gasteiger partial charge >= 0.3 is 0 Å². The van der Waals surface area contributed by atoms with Gasteiger partial charge in [0.25, 0.3) is 0 Å². The molecule has 1 unspecified atom stereocenters. The molecule has 0 saturated carbocycles. The Hall–Kier alpha value is -2.66. The van der Waals surface area contributed by atoms with Gasteiger partial charge in [0.15, 0.2) is 11.0 Å². The molecule has 2 aliphatic heterocycles. The molecule has 1 aromatic heterocycles. The van der Waals surface area contributed by atoms with E-state index in [2.05, 4.69) is 38.4 Å². The van der Waals surface area contributed by atoms with E-state index in [0.29, 0.717) is 10.8 Å². The molecular weight excluding hydrogens is 339 g/mol. The van der Waals surface area contributed by atoms with Crippen LogP contribution in [0.3, 0.4) is 0 Å². The molecule has 1 atom stereocenters. The summed E-state index contributed by atoms with van der Waals surface area (Å²) in [5, 5.41) is 3.88. The van der Waals surface area contributed by atoms with Crippen molar-refractivity contribution in [2.24, 2.45) is 0 Å². The first-order valence-electron chi connectivity index (χ1n) is 8.14. The van der Waals surface area contributed by atoms with Crippen molar-refractivity contribution in [3.63, 3.8) is 0 Å². The van der Waals surface area contributed by atoms with Gasteiger partial charge in [0, 0.05) is 12.1 Å². The van der Waals surface area contributed by atoms with Crippen LogP contribution in [0, 0.1) is 5.82 Å². The third-order valence-electron chi connectivity index (χ3n) is 4.87. The van der Waals surface area contributed by atoms with Gasteiger partial charge in [-0.2, -0.15) is 0 Å². The normalized spacial score (nSPS) is 17.5. The van der Waals surface area contributed by atoms with Crippen molar-refractivity contribution in [3.05, 3.63) is 76.5 Å². The molecule has 0 fully saturated rings. The minimum Gasteiger partial charge on any atom is -0.369 e. The highest BCUT2D eigenvalue weighted by Crippen LogP contribution is 2.48. The summed E-state index contributed by atoms with van der Waals surface area (Å²) in [4.78, 5) is 10.8. The van der Waals surface area contributed by atoms with E-state index in [1.165, 1.54) is 24.0 Å². The zero-order valence-corrected chi connectivity index (χ0v) is 14.0. The fourth-order valence-electron chi connectivity index (χ4n) is 3.76. The molecule has 0 radical (unpaired) electrons. The minimum absolute atomic E-state index is 0.152. The highest BCUT2D eigenvalue weighted by Gasteiger charge is 2.34. The number of halogens is 2. The van der Waals surface area contributed by atoms with Crippen molar-refractivity contribution in [2.75, 3.05) is 16.8 Å². The fraction of sp³-hybridized carbons (Fsp3) is 0.158. The number of rotatable bonds is 1. The van der Waals surface area contributed by atoms with Crippen molar-refractivity contribution >= 4 is 28.8 Å². The zero-order chi connectivity index (χ0) is 17.0. The number of hydrogen-bond donors (Lipinski definition) is 1. The van der Waals surface area contributed by atoms with Crippen LogP contribution in [0.2, 0.25) is 5.15 Å². The maximum Gasteiger partial charge on any atom is 0.161 e. The SMILES string of the molecule is Fc1ccc(C2Nc3c(Cl)ncnc3N3CCc4cccc2c43)cc1. The van der Waals surface area contributed by atoms with Crippen LogP contribution >= 0.6 is 11.6 Å². The summed E-state index contributed by atoms with van der Waals surface area (Å²) in [5.41, 5.74) is 5.26. The smallest absolute Gasteiger partial charge is 0.161 e. The quantitative estimate of drug-likeness (QED) is 0.656. The lowest BCUT2D eigenvalue weighted by molar-refractivity contribution is 0.626. The predicted molar refractivity (Wildman–Crippen MR) is 96.1 cm³/mol. The van der Waals surface area contributed by atoms with Gasteiger partial charge in [-0.05, 0) is 29.7 Å². The third kappa shape index (κ3) is 2.19. The van der Waals surface area contributed by atoms with Gasteiger partial charge in [-0.25, -0.2) is 14.4 Å². The van der Waals surface area contributed by atoms with Gasteiger partial charge < -0.3 is 10.2 Å². The Morgan fingerprint density at radius 3 is 2.80 bits per heavy atom. The standard InChI is InChI=1S/C19H14ClFN4/c20-18-16-19(23-10-22-18)25-9-8-12-2-1-3-14(17(12)25)15(24-16)11-4-6-13(21)7-5-11/h1-7,10,15,24H,8-9H2. The van der Waals surface area contributed by atoms with Crippen LogP contribution in [0.4, 0.5) is 21.6 Å². The van der Waals surface area contributed by atoms with Gasteiger partial charge in [-0.3, -0.25) is 0 Å². The second-order valence-corrected chi connectivity index (χ2v) is 6.61. The van der Waals surface area contributed by atoms with E-state index in [1.54, 1.807) is 12.1 Å². The van der Waals surface area contributed by atoms with E-state index in [4.69, 9.17) is 11.6 Å². The van der Waals surface area contributed by atoms with Gasteiger partial charge in [0.05, 0.1) is 11.7 Å². The van der Waals surface area contributed by atoms with Gasteiger partial charge in [0.2, 0.25) is 0 Å². The van der Waals surface area contributed by atoms with Gasteiger partial charge in [-0.1, -0.05) is 41.9 Å². The van der Waals surface area contributed by atoms with E-state index in [1.807, 2.05) is 0 Å². The van der Waals surface area contributed by atoms with E-state index in [9.17, 15) is 4.39 Å². The molecular formula is C19H14ClFN4. The molecule has 0 aliphatic carbocycles. The lowest BCUT2D eigenvalue weighted by atomic mass is 9.95. The highest BCUT2D eigenvalue weighted by atomic mass is 35.5. The van der Waals surface area contributed by atoms with Crippen LogP contribution in [0.15, 0.2) is 48.8 Å². The van der Waals surface area contributed by atoms with Crippen molar-refractivity contribution in [2.45, 2.75) is 12.5 Å². The maximum atomic E-state index is 13.4. The summed E-state index contributed by atoms with van der Waals surface area (Å²) in [5.74, 6) is 0.537. The van der Waals surface area contributed by atoms with Crippen LogP contribution in [0.5, 0.6) is 0 Å². The molecule has 2 aromatic carbocycles. The monoisotopic (exact) mass is 352 g/mol. The molecule has 25 heavy (non-hydrogen) atoms. The molecule has 124 valence electrons. The van der Waals surface area contributed by atoms with Crippen molar-refractivity contribution < 1.29 is 4.39 Å². The molecule has 3 aromatic rings. The Labute approximate surface area is 149 Å². The molecule has 0 saturated heterocycles. The summed E-state index contributed by atoms with van der Waals surface area (Å²) < 4.78 is 13.4. The summed E-state index contributed by atoms with van der Waals surface area (Å²) in [6, 6.07) is 12.7. The number of nitrogens with zero attached hydrogens (tertiary/aromatic N) is 3. The van der Waals surface area contributed by atoms with Crippen LogP contribution in [-0.2, 0) is 6.42 Å². The lowest BCUT2D eigenvalue weighted by Gasteiger charge is -2.21. The number of para-hydroxylation sites is 1. The van der Waals surface area contributed by atoms with Crippen LogP contribution in [0.1, 0.15) is 22.7 Å². The molecule has 1 N–H and O–H groups in total. The fourth-order valence-corrected chi connectivity index (χ4v) is 3.94. The second-order valence-electron chi connectivity index (χ2n) is 6.25. The molecule has 0 bridgehead atoms. The Balaban J connectivity index is 1.78. The zero-order valence-electron chi connectivity index (χ0n) is 13.2. The molecule has 3 heterocycles. The topological polar surface area (TPSA) is 41.1 Å². The average Bonchev–Trinajstić information content (AvgIpc) is 2.99. The largest absolute Gasteiger partial charge is 0.369 e. The predicted octanol–water partition coefficient (Wildman–Crippen LogP) is 4.48. The number of benzene rings is 2. The first-order chi connectivity index (χ1) is 12.2. The van der Waals surface area contributed by atoms with Gasteiger partial charge in [-0.15, -0.1) is 0 Å². The number of nitrogens with one attached hydrogen (secondary N) is 1. The lowest BCUT2D eigenvalue weighted by Crippen LogP contribution is -2.15. The Morgan fingerprint density at radius 2 is 1.96 bits per heavy atom. The van der Waals surface area contributed by atoms with Gasteiger partial charge in [0.1, 0.15) is 17.8 Å². The maximum absolute atomic E-state index is 13.4. The van der Waals surface area contributed by atoms with Crippen LogP contribution < -0.4 is 10.2 Å². The molecule has 0 spiro atoms. The molecule has 6 heteroatoms. The van der Waals surface area contributed by atoms with E-state index in [-0.39, 0.29) is 11.9 Å². The minimum atomic E-state index is -0.251. The summed E-state index contributed by atoms with van der Waals surface area (Å²) in [7, 11) is 0. The molecule has 0 amide bonds. The first-order valence-corrected chi connectivity index (χ1v) is 8.52. The van der Waals surface area contributed by atoms with Crippen LogP contribution in [-0.4, -0.2) is 16.5 Å². The average molecular weight is 353 g/mol. The second kappa shape index (κ2) is 5.43. The number of hydrogen-bond acceptors (Lipinski definition) is 4.